The summed E-state index contributed by atoms with van der Waals surface area (Å²) in [5.41, 5.74) is 0. The molecule has 2 atom stereocenters. The molecule has 0 aromatic heterocycles. The first-order valence-electron chi connectivity index (χ1n) is 5.11. The highest BCUT2D eigenvalue weighted by Crippen LogP contribution is 2.65. The SMILES string of the molecule is BrC1(Br)C2CCCCCCCC21. The van der Waals surface area contributed by atoms with Gasteiger partial charge in [0.15, 0.2) is 0 Å². The van der Waals surface area contributed by atoms with E-state index in [1.807, 2.05) is 0 Å². The summed E-state index contributed by atoms with van der Waals surface area (Å²) in [7, 11) is 0. The fourth-order valence-corrected chi connectivity index (χ4v) is 4.43. The van der Waals surface area contributed by atoms with Gasteiger partial charge in [0, 0.05) is 0 Å². The summed E-state index contributed by atoms with van der Waals surface area (Å²) in [4.78, 5) is 0. The zero-order chi connectivity index (χ0) is 8.60. The Kier molecular flexibility index (Phi) is 2.86. The normalized spacial score (nSPS) is 40.5. The molecule has 2 rings (SSSR count). The van der Waals surface area contributed by atoms with Gasteiger partial charge >= 0.3 is 0 Å². The van der Waals surface area contributed by atoms with Crippen LogP contribution in [0.4, 0.5) is 0 Å². The maximum absolute atomic E-state index is 3.79. The third-order valence-corrected chi connectivity index (χ3v) is 5.75. The molecule has 0 bridgehead atoms. The number of halogens is 2. The van der Waals surface area contributed by atoms with Crippen LogP contribution < -0.4 is 0 Å². The van der Waals surface area contributed by atoms with E-state index in [0.29, 0.717) is 3.23 Å². The van der Waals surface area contributed by atoms with Crippen molar-refractivity contribution < 1.29 is 0 Å². The van der Waals surface area contributed by atoms with Crippen molar-refractivity contribution in [2.75, 3.05) is 0 Å². The summed E-state index contributed by atoms with van der Waals surface area (Å²) < 4.78 is 0.345. The number of hydrogen-bond donors (Lipinski definition) is 0. The van der Waals surface area contributed by atoms with Crippen LogP contribution in [0, 0.1) is 11.8 Å². The quantitative estimate of drug-likeness (QED) is 0.579. The summed E-state index contributed by atoms with van der Waals surface area (Å²) in [6.45, 7) is 0. The van der Waals surface area contributed by atoms with Gasteiger partial charge in [-0.3, -0.25) is 0 Å². The van der Waals surface area contributed by atoms with E-state index in [2.05, 4.69) is 31.9 Å². The van der Waals surface area contributed by atoms with Gasteiger partial charge in [0.2, 0.25) is 0 Å². The lowest BCUT2D eigenvalue weighted by Crippen LogP contribution is -1.91. The molecular formula is C10H16Br2. The largest absolute Gasteiger partial charge is 0.0868 e. The van der Waals surface area contributed by atoms with Crippen molar-refractivity contribution in [3.63, 3.8) is 0 Å². The molecule has 0 N–H and O–H groups in total. The Bertz CT molecular complexity index is 149. The molecule has 2 aliphatic carbocycles. The Morgan fingerprint density at radius 2 is 1.17 bits per heavy atom. The maximum atomic E-state index is 3.79. The second kappa shape index (κ2) is 3.61. The van der Waals surface area contributed by atoms with E-state index in [0.717, 1.165) is 11.8 Å². The molecule has 0 nitrogen and oxygen atoms in total. The zero-order valence-corrected chi connectivity index (χ0v) is 10.5. The first kappa shape index (κ1) is 9.51. The van der Waals surface area contributed by atoms with Crippen LogP contribution in [0.25, 0.3) is 0 Å². The van der Waals surface area contributed by atoms with Crippen molar-refractivity contribution in [3.05, 3.63) is 0 Å². The highest BCUT2D eigenvalue weighted by atomic mass is 79.9. The average Bonchev–Trinajstić information content (AvgIpc) is 2.56. The van der Waals surface area contributed by atoms with Gasteiger partial charge in [-0.2, -0.15) is 0 Å². The lowest BCUT2D eigenvalue weighted by Gasteiger charge is -2.02. The van der Waals surface area contributed by atoms with Gasteiger partial charge in [-0.05, 0) is 24.7 Å². The van der Waals surface area contributed by atoms with E-state index in [4.69, 9.17) is 0 Å². The predicted octanol–water partition coefficient (Wildman–Crippen LogP) is 4.46. The molecule has 70 valence electrons. The van der Waals surface area contributed by atoms with E-state index in [9.17, 15) is 0 Å². The fraction of sp³-hybridized carbons (Fsp3) is 1.00. The predicted molar refractivity (Wildman–Crippen MR) is 59.9 cm³/mol. The molecule has 2 heteroatoms. The minimum Gasteiger partial charge on any atom is -0.0721 e. The van der Waals surface area contributed by atoms with Crippen molar-refractivity contribution in [3.8, 4) is 0 Å². The molecular weight excluding hydrogens is 280 g/mol. The minimum atomic E-state index is 0.345. The van der Waals surface area contributed by atoms with E-state index in [1.54, 1.807) is 0 Å². The summed E-state index contributed by atoms with van der Waals surface area (Å²) in [6.07, 6.45) is 10.1. The van der Waals surface area contributed by atoms with Crippen LogP contribution in [-0.4, -0.2) is 3.23 Å². The van der Waals surface area contributed by atoms with Crippen LogP contribution in [0.15, 0.2) is 0 Å². The van der Waals surface area contributed by atoms with Crippen molar-refractivity contribution in [1.29, 1.82) is 0 Å². The van der Waals surface area contributed by atoms with Gasteiger partial charge in [0.1, 0.15) is 0 Å². The van der Waals surface area contributed by atoms with Gasteiger partial charge in [-0.1, -0.05) is 64.0 Å². The molecule has 0 aromatic carbocycles. The summed E-state index contributed by atoms with van der Waals surface area (Å²) in [5.74, 6) is 1.85. The molecule has 0 radical (unpaired) electrons. The number of hydrogen-bond acceptors (Lipinski definition) is 0. The third-order valence-electron chi connectivity index (χ3n) is 3.40. The molecule has 2 aliphatic rings. The monoisotopic (exact) mass is 294 g/mol. The van der Waals surface area contributed by atoms with Gasteiger partial charge in [0.25, 0.3) is 0 Å². The first-order valence-corrected chi connectivity index (χ1v) is 6.69. The average molecular weight is 296 g/mol. The molecule has 2 unspecified atom stereocenters. The van der Waals surface area contributed by atoms with Crippen molar-refractivity contribution >= 4 is 31.9 Å². The van der Waals surface area contributed by atoms with Gasteiger partial charge in [-0.15, -0.1) is 0 Å². The van der Waals surface area contributed by atoms with Crippen LogP contribution >= 0.6 is 31.9 Å². The highest BCUT2D eigenvalue weighted by molar-refractivity contribution is 9.25. The van der Waals surface area contributed by atoms with Gasteiger partial charge < -0.3 is 0 Å². The molecule has 0 aromatic rings. The number of alkyl halides is 2. The Hall–Kier alpha value is 0.960. The smallest absolute Gasteiger partial charge is 0.0721 e. The number of rotatable bonds is 0. The Balaban J connectivity index is 1.91. The van der Waals surface area contributed by atoms with Crippen LogP contribution in [0.3, 0.4) is 0 Å². The van der Waals surface area contributed by atoms with Crippen molar-refractivity contribution in [2.24, 2.45) is 11.8 Å². The van der Waals surface area contributed by atoms with Crippen LogP contribution in [0.1, 0.15) is 44.9 Å². The Morgan fingerprint density at radius 3 is 1.67 bits per heavy atom. The second-order valence-electron chi connectivity index (χ2n) is 4.23. The molecule has 0 spiro atoms. The standard InChI is InChI=1S/C10H16Br2/c11-10(12)8-6-4-2-1-3-5-7-9(8)10/h8-9H,1-7H2. The topological polar surface area (TPSA) is 0 Å². The van der Waals surface area contributed by atoms with Crippen LogP contribution in [-0.2, 0) is 0 Å². The van der Waals surface area contributed by atoms with E-state index >= 15 is 0 Å². The first-order chi connectivity index (χ1) is 5.73. The molecule has 0 aliphatic heterocycles. The summed E-state index contributed by atoms with van der Waals surface area (Å²) in [6, 6.07) is 0. The molecule has 12 heavy (non-hydrogen) atoms. The molecule has 2 fully saturated rings. The summed E-state index contributed by atoms with van der Waals surface area (Å²) >= 11 is 7.58. The minimum absolute atomic E-state index is 0.345. The van der Waals surface area contributed by atoms with Crippen LogP contribution in [0.2, 0.25) is 0 Å². The number of fused-ring (bicyclic) bond motifs is 1. The Labute approximate surface area is 91.7 Å². The fourth-order valence-electron chi connectivity index (χ4n) is 2.51. The van der Waals surface area contributed by atoms with E-state index in [-0.39, 0.29) is 0 Å². The van der Waals surface area contributed by atoms with E-state index in [1.165, 1.54) is 44.9 Å². The van der Waals surface area contributed by atoms with Gasteiger partial charge in [-0.25, -0.2) is 0 Å². The van der Waals surface area contributed by atoms with Crippen molar-refractivity contribution in [1.82, 2.24) is 0 Å². The third kappa shape index (κ3) is 1.75. The summed E-state index contributed by atoms with van der Waals surface area (Å²) in [5, 5.41) is 0. The van der Waals surface area contributed by atoms with Gasteiger partial charge in [0.05, 0.1) is 3.23 Å². The molecule has 2 saturated carbocycles. The maximum Gasteiger partial charge on any atom is 0.0868 e. The molecule has 0 saturated heterocycles. The Morgan fingerprint density at radius 1 is 0.750 bits per heavy atom. The zero-order valence-electron chi connectivity index (χ0n) is 7.36. The highest BCUT2D eigenvalue weighted by Gasteiger charge is 2.60. The van der Waals surface area contributed by atoms with Crippen LogP contribution in [0.5, 0.6) is 0 Å². The second-order valence-corrected chi connectivity index (χ2v) is 7.92. The lowest BCUT2D eigenvalue weighted by molar-refractivity contribution is 0.593. The molecule has 0 heterocycles. The molecule has 0 amide bonds. The lowest BCUT2D eigenvalue weighted by atomic mass is 10.1. The van der Waals surface area contributed by atoms with E-state index < -0.39 is 0 Å². The van der Waals surface area contributed by atoms with Crippen molar-refractivity contribution in [2.45, 2.75) is 48.2 Å².